The van der Waals surface area contributed by atoms with Crippen molar-refractivity contribution in [3.05, 3.63) is 74.9 Å². The fraction of sp³-hybridized carbons (Fsp3) is 0.200. The van der Waals surface area contributed by atoms with Crippen LogP contribution in [-0.2, 0) is 6.42 Å². The van der Waals surface area contributed by atoms with Crippen LogP contribution in [0.5, 0.6) is 0 Å². The molecule has 6 heteroatoms. The highest BCUT2D eigenvalue weighted by molar-refractivity contribution is 7.98. The summed E-state index contributed by atoms with van der Waals surface area (Å²) in [6, 6.07) is 13.9. The van der Waals surface area contributed by atoms with Crippen molar-refractivity contribution in [2.45, 2.75) is 23.8 Å². The first-order chi connectivity index (χ1) is 12.6. The van der Waals surface area contributed by atoms with E-state index in [1.807, 2.05) is 37.4 Å². The van der Waals surface area contributed by atoms with Crippen LogP contribution in [0.2, 0.25) is 15.1 Å². The van der Waals surface area contributed by atoms with Gasteiger partial charge in [0.15, 0.2) is 0 Å². The van der Waals surface area contributed by atoms with E-state index < -0.39 is 0 Å². The van der Waals surface area contributed by atoms with Gasteiger partial charge in [-0.05, 0) is 79.4 Å². The van der Waals surface area contributed by atoms with Gasteiger partial charge in [-0.2, -0.15) is 0 Å². The lowest BCUT2D eigenvalue weighted by atomic mass is 10.1. The van der Waals surface area contributed by atoms with Gasteiger partial charge >= 0.3 is 0 Å². The summed E-state index contributed by atoms with van der Waals surface area (Å²) in [6.45, 7) is 0. The average molecular weight is 424 g/mol. The lowest BCUT2D eigenvalue weighted by Crippen LogP contribution is -2.12. The second-order valence-electron chi connectivity index (χ2n) is 6.29. The van der Waals surface area contributed by atoms with Crippen LogP contribution < -0.4 is 5.32 Å². The van der Waals surface area contributed by atoms with Gasteiger partial charge in [0, 0.05) is 32.7 Å². The Balaban J connectivity index is 1.85. The maximum absolute atomic E-state index is 6.55. The van der Waals surface area contributed by atoms with Crippen molar-refractivity contribution in [3.63, 3.8) is 0 Å². The molecule has 0 spiro atoms. The van der Waals surface area contributed by atoms with Gasteiger partial charge in [0.2, 0.25) is 0 Å². The molecule has 1 aliphatic carbocycles. The minimum absolute atomic E-state index is 0.371. The average Bonchev–Trinajstić information content (AvgIpc) is 3.14. The highest BCUT2D eigenvalue weighted by Crippen LogP contribution is 2.44. The number of nitrogens with zero attached hydrogens (tertiary/aromatic N) is 1. The molecule has 3 aromatic rings. The Labute approximate surface area is 172 Å². The number of hydrogen-bond acceptors (Lipinski definition) is 2. The third-order valence-electron chi connectivity index (χ3n) is 4.70. The fourth-order valence-corrected chi connectivity index (χ4v) is 5.28. The number of fused-ring (bicyclic) bond motifs is 1. The van der Waals surface area contributed by atoms with E-state index in [9.17, 15) is 0 Å². The molecule has 1 aromatic heterocycles. The van der Waals surface area contributed by atoms with E-state index in [0.29, 0.717) is 16.1 Å². The van der Waals surface area contributed by atoms with E-state index in [4.69, 9.17) is 34.8 Å². The summed E-state index contributed by atoms with van der Waals surface area (Å²) in [5.41, 5.74) is 4.83. The Kier molecular flexibility index (Phi) is 5.27. The molecular weight excluding hydrogens is 407 g/mol. The Morgan fingerprint density at radius 1 is 1.08 bits per heavy atom. The van der Waals surface area contributed by atoms with Crippen molar-refractivity contribution < 1.29 is 0 Å². The Bertz CT molecular complexity index is 968. The molecule has 0 saturated carbocycles. The van der Waals surface area contributed by atoms with Crippen LogP contribution in [0.3, 0.4) is 0 Å². The number of rotatable bonds is 4. The van der Waals surface area contributed by atoms with Crippen LogP contribution in [0.15, 0.2) is 53.6 Å². The van der Waals surface area contributed by atoms with Crippen molar-refractivity contribution in [2.24, 2.45) is 0 Å². The topological polar surface area (TPSA) is 17.0 Å². The molecule has 134 valence electrons. The monoisotopic (exact) mass is 422 g/mol. The molecule has 26 heavy (non-hydrogen) atoms. The zero-order valence-corrected chi connectivity index (χ0v) is 17.2. The summed E-state index contributed by atoms with van der Waals surface area (Å²) >= 11 is 20.5. The minimum Gasteiger partial charge on any atom is -0.313 e. The zero-order valence-electron chi connectivity index (χ0n) is 14.1. The Morgan fingerprint density at radius 2 is 1.88 bits per heavy atom. The number of aromatic nitrogens is 1. The molecule has 0 aliphatic heterocycles. The zero-order chi connectivity index (χ0) is 18.3. The third-order valence-corrected chi connectivity index (χ3v) is 6.44. The normalized spacial score (nSPS) is 16.1. The Hall–Kier alpha value is -1.10. The summed E-state index contributed by atoms with van der Waals surface area (Å²) in [7, 11) is 2.01. The van der Waals surface area contributed by atoms with Crippen molar-refractivity contribution in [3.8, 4) is 11.3 Å². The van der Waals surface area contributed by atoms with E-state index >= 15 is 0 Å². The predicted octanol–water partition coefficient (Wildman–Crippen LogP) is 6.88. The second-order valence-corrected chi connectivity index (χ2v) is 8.62. The standard InChI is InChI=1S/C20H17Cl3N2S/c1-24-19-8-7-15-17(19)11-25(26-14-4-2-3-12(21)9-14)20(15)16-6-5-13(22)10-18(16)23/h2-6,9-11,19,24H,7-8H2,1H3. The lowest BCUT2D eigenvalue weighted by molar-refractivity contribution is 0.588. The van der Waals surface area contributed by atoms with Gasteiger partial charge in [0.25, 0.3) is 0 Å². The maximum atomic E-state index is 6.55. The van der Waals surface area contributed by atoms with E-state index in [1.165, 1.54) is 11.1 Å². The molecule has 0 radical (unpaired) electrons. The summed E-state index contributed by atoms with van der Waals surface area (Å²) in [5, 5.41) is 5.45. The number of hydrogen-bond donors (Lipinski definition) is 1. The number of halogens is 3. The van der Waals surface area contributed by atoms with Crippen LogP contribution in [0.25, 0.3) is 11.3 Å². The van der Waals surface area contributed by atoms with E-state index in [-0.39, 0.29) is 0 Å². The molecule has 0 amide bonds. The SMILES string of the molecule is CNC1CCc2c1cn(Sc1cccc(Cl)c1)c2-c1ccc(Cl)cc1Cl. The van der Waals surface area contributed by atoms with Gasteiger partial charge in [-0.3, -0.25) is 3.97 Å². The molecule has 0 bridgehead atoms. The summed E-state index contributed by atoms with van der Waals surface area (Å²) < 4.78 is 2.20. The van der Waals surface area contributed by atoms with E-state index in [2.05, 4.69) is 21.6 Å². The second kappa shape index (κ2) is 7.49. The van der Waals surface area contributed by atoms with Crippen LogP contribution in [0.4, 0.5) is 0 Å². The van der Waals surface area contributed by atoms with Crippen molar-refractivity contribution in [1.82, 2.24) is 9.29 Å². The molecule has 0 fully saturated rings. The van der Waals surface area contributed by atoms with Crippen molar-refractivity contribution in [2.75, 3.05) is 7.05 Å². The van der Waals surface area contributed by atoms with Gasteiger partial charge < -0.3 is 5.32 Å². The minimum atomic E-state index is 0.371. The molecular formula is C20H17Cl3N2S. The van der Waals surface area contributed by atoms with Gasteiger partial charge in [0.1, 0.15) is 0 Å². The highest BCUT2D eigenvalue weighted by atomic mass is 35.5. The third kappa shape index (κ3) is 3.39. The van der Waals surface area contributed by atoms with Crippen LogP contribution in [-0.4, -0.2) is 11.0 Å². The first-order valence-corrected chi connectivity index (χ1v) is 10.3. The molecule has 1 heterocycles. The van der Waals surface area contributed by atoms with E-state index in [1.54, 1.807) is 18.0 Å². The fourth-order valence-electron chi connectivity index (χ4n) is 3.52. The highest BCUT2D eigenvalue weighted by Gasteiger charge is 2.29. The number of nitrogens with one attached hydrogen (secondary N) is 1. The Morgan fingerprint density at radius 3 is 2.62 bits per heavy atom. The van der Waals surface area contributed by atoms with E-state index in [0.717, 1.165) is 34.0 Å². The lowest BCUT2D eigenvalue weighted by Gasteiger charge is -2.13. The smallest absolute Gasteiger partial charge is 0.0644 e. The van der Waals surface area contributed by atoms with Gasteiger partial charge in [-0.25, -0.2) is 0 Å². The molecule has 1 N–H and O–H groups in total. The van der Waals surface area contributed by atoms with Crippen LogP contribution >= 0.6 is 46.8 Å². The van der Waals surface area contributed by atoms with Crippen molar-refractivity contribution >= 4 is 46.8 Å². The first kappa shape index (κ1) is 18.3. The summed E-state index contributed by atoms with van der Waals surface area (Å²) in [4.78, 5) is 1.08. The molecule has 4 rings (SSSR count). The summed E-state index contributed by atoms with van der Waals surface area (Å²) in [6.07, 6.45) is 4.34. The largest absolute Gasteiger partial charge is 0.313 e. The van der Waals surface area contributed by atoms with Gasteiger partial charge in [0.05, 0.1) is 10.7 Å². The molecule has 1 unspecified atom stereocenters. The van der Waals surface area contributed by atoms with Crippen LogP contribution in [0, 0.1) is 0 Å². The molecule has 0 saturated heterocycles. The molecule has 1 aliphatic rings. The van der Waals surface area contributed by atoms with Gasteiger partial charge in [-0.1, -0.05) is 40.9 Å². The van der Waals surface area contributed by atoms with Gasteiger partial charge in [-0.15, -0.1) is 0 Å². The van der Waals surface area contributed by atoms with Crippen LogP contribution in [0.1, 0.15) is 23.6 Å². The quantitative estimate of drug-likeness (QED) is 0.492. The molecule has 2 nitrogen and oxygen atoms in total. The summed E-state index contributed by atoms with van der Waals surface area (Å²) in [5.74, 6) is 0. The molecule has 1 atom stereocenters. The number of benzene rings is 2. The van der Waals surface area contributed by atoms with Crippen molar-refractivity contribution in [1.29, 1.82) is 0 Å². The predicted molar refractivity (Wildman–Crippen MR) is 113 cm³/mol. The first-order valence-electron chi connectivity index (χ1n) is 8.37. The molecule has 2 aromatic carbocycles. The maximum Gasteiger partial charge on any atom is 0.0644 e.